The van der Waals surface area contributed by atoms with Crippen LogP contribution in [-0.4, -0.2) is 12.3 Å². The summed E-state index contributed by atoms with van der Waals surface area (Å²) in [5.74, 6) is 0. The van der Waals surface area contributed by atoms with Crippen LogP contribution in [0, 0.1) is 0 Å². The summed E-state index contributed by atoms with van der Waals surface area (Å²) in [7, 11) is 0. The Morgan fingerprint density at radius 3 is 2.89 bits per heavy atom. The molecule has 0 bridgehead atoms. The molecule has 0 aliphatic rings. The summed E-state index contributed by atoms with van der Waals surface area (Å²) in [6.07, 6.45) is 2.61. The lowest BCUT2D eigenvalue weighted by molar-refractivity contribution is 0.174. The van der Waals surface area contributed by atoms with Gasteiger partial charge < -0.3 is 4.84 Å². The van der Waals surface area contributed by atoms with Gasteiger partial charge in [-0.05, 0) is 13.3 Å². The predicted molar refractivity (Wildman–Crippen MR) is 39.5 cm³/mol. The van der Waals surface area contributed by atoms with Crippen LogP contribution in [0.25, 0.3) is 0 Å². The average Bonchev–Trinajstić information content (AvgIpc) is 1.89. The third-order valence-corrected chi connectivity index (χ3v) is 0.924. The van der Waals surface area contributed by atoms with E-state index in [4.69, 9.17) is 4.84 Å². The van der Waals surface area contributed by atoms with E-state index in [1.54, 1.807) is 6.08 Å². The minimum Gasteiger partial charge on any atom is -0.392 e. The van der Waals surface area contributed by atoms with Gasteiger partial charge in [0, 0.05) is 0 Å². The number of hydrogen-bond acceptors (Lipinski definition) is 2. The molecule has 0 saturated carbocycles. The molecule has 9 heavy (non-hydrogen) atoms. The highest BCUT2D eigenvalue weighted by atomic mass is 16.6. The molecule has 0 radical (unpaired) electrons. The lowest BCUT2D eigenvalue weighted by Crippen LogP contribution is -1.90. The largest absolute Gasteiger partial charge is 0.392 e. The number of oxime groups is 1. The first-order chi connectivity index (χ1) is 4.31. The highest BCUT2D eigenvalue weighted by molar-refractivity contribution is 5.80. The Hall–Kier alpha value is -0.790. The lowest BCUT2D eigenvalue weighted by atomic mass is 10.3. The zero-order chi connectivity index (χ0) is 7.11. The van der Waals surface area contributed by atoms with Gasteiger partial charge in [-0.15, -0.1) is 0 Å². The molecule has 0 aromatic heterocycles. The molecule has 0 heterocycles. The second-order valence-corrected chi connectivity index (χ2v) is 1.76. The molecule has 0 atom stereocenters. The Balaban J connectivity index is 3.31. The topological polar surface area (TPSA) is 21.6 Å². The van der Waals surface area contributed by atoms with Crippen molar-refractivity contribution in [1.82, 2.24) is 0 Å². The van der Waals surface area contributed by atoms with Crippen molar-refractivity contribution in [3.8, 4) is 0 Å². The Morgan fingerprint density at radius 2 is 2.44 bits per heavy atom. The molecule has 2 nitrogen and oxygen atoms in total. The van der Waals surface area contributed by atoms with Gasteiger partial charge in [0.2, 0.25) is 0 Å². The molecule has 0 aromatic carbocycles. The molecule has 0 aliphatic carbocycles. The maximum Gasteiger partial charge on any atom is 0.135 e. The quantitative estimate of drug-likeness (QED) is 0.245. The van der Waals surface area contributed by atoms with Gasteiger partial charge in [-0.3, -0.25) is 0 Å². The van der Waals surface area contributed by atoms with Crippen LogP contribution in [0.2, 0.25) is 0 Å². The maximum absolute atomic E-state index is 4.81. The van der Waals surface area contributed by atoms with Gasteiger partial charge in [0.1, 0.15) is 6.61 Å². The Morgan fingerprint density at radius 1 is 1.78 bits per heavy atom. The van der Waals surface area contributed by atoms with Gasteiger partial charge in [-0.25, -0.2) is 0 Å². The van der Waals surface area contributed by atoms with Gasteiger partial charge in [0.05, 0.1) is 5.71 Å². The van der Waals surface area contributed by atoms with E-state index >= 15 is 0 Å². The van der Waals surface area contributed by atoms with Crippen molar-refractivity contribution in [1.29, 1.82) is 0 Å². The van der Waals surface area contributed by atoms with Gasteiger partial charge >= 0.3 is 0 Å². The fraction of sp³-hybridized carbons (Fsp3) is 0.571. The third-order valence-electron chi connectivity index (χ3n) is 0.924. The summed E-state index contributed by atoms with van der Waals surface area (Å²) >= 11 is 0. The number of rotatable bonds is 4. The van der Waals surface area contributed by atoms with Crippen molar-refractivity contribution in [3.05, 3.63) is 12.7 Å². The molecule has 0 aliphatic heterocycles. The first kappa shape index (κ1) is 8.21. The molecule has 0 aromatic rings. The van der Waals surface area contributed by atoms with Crippen LogP contribution in [-0.2, 0) is 4.84 Å². The van der Waals surface area contributed by atoms with E-state index in [9.17, 15) is 0 Å². The van der Waals surface area contributed by atoms with Crippen molar-refractivity contribution in [2.45, 2.75) is 20.3 Å². The molecular weight excluding hydrogens is 114 g/mol. The van der Waals surface area contributed by atoms with Crippen molar-refractivity contribution in [3.63, 3.8) is 0 Å². The van der Waals surface area contributed by atoms with Crippen molar-refractivity contribution in [2.75, 3.05) is 6.61 Å². The molecular formula is C7H13NO. The van der Waals surface area contributed by atoms with E-state index in [-0.39, 0.29) is 0 Å². The minimum atomic E-state index is 0.497. The van der Waals surface area contributed by atoms with Crippen LogP contribution in [0.15, 0.2) is 17.8 Å². The second-order valence-electron chi connectivity index (χ2n) is 1.76. The van der Waals surface area contributed by atoms with E-state index in [2.05, 4.69) is 11.7 Å². The lowest BCUT2D eigenvalue weighted by Gasteiger charge is -1.93. The first-order valence-electron chi connectivity index (χ1n) is 3.07. The van der Waals surface area contributed by atoms with Crippen molar-refractivity contribution >= 4 is 5.71 Å². The average molecular weight is 127 g/mol. The van der Waals surface area contributed by atoms with Crippen molar-refractivity contribution < 1.29 is 4.84 Å². The molecule has 52 valence electrons. The minimum absolute atomic E-state index is 0.497. The molecule has 0 N–H and O–H groups in total. The molecule has 0 saturated heterocycles. The summed E-state index contributed by atoms with van der Waals surface area (Å²) in [6, 6.07) is 0. The van der Waals surface area contributed by atoms with Gasteiger partial charge in [-0.1, -0.05) is 24.7 Å². The highest BCUT2D eigenvalue weighted by Gasteiger charge is 1.82. The molecule has 2 heteroatoms. The summed E-state index contributed by atoms with van der Waals surface area (Å²) in [5.41, 5.74) is 1.01. The van der Waals surface area contributed by atoms with Crippen LogP contribution in [0.1, 0.15) is 20.3 Å². The van der Waals surface area contributed by atoms with E-state index in [0.717, 1.165) is 12.1 Å². The van der Waals surface area contributed by atoms with E-state index in [1.165, 1.54) is 0 Å². The van der Waals surface area contributed by atoms with Crippen LogP contribution in [0.3, 0.4) is 0 Å². The summed E-state index contributed by atoms with van der Waals surface area (Å²) in [5, 5.41) is 3.78. The van der Waals surface area contributed by atoms with Crippen LogP contribution in [0.5, 0.6) is 0 Å². The van der Waals surface area contributed by atoms with Crippen LogP contribution < -0.4 is 0 Å². The fourth-order valence-electron chi connectivity index (χ4n) is 0.265. The van der Waals surface area contributed by atoms with Gasteiger partial charge in [-0.2, -0.15) is 0 Å². The van der Waals surface area contributed by atoms with Crippen LogP contribution >= 0.6 is 0 Å². The molecule has 0 fully saturated rings. The first-order valence-corrected chi connectivity index (χ1v) is 3.07. The predicted octanol–water partition coefficient (Wildman–Crippen LogP) is 1.97. The van der Waals surface area contributed by atoms with E-state index in [1.807, 2.05) is 13.8 Å². The van der Waals surface area contributed by atoms with Gasteiger partial charge in [0.15, 0.2) is 0 Å². The standard InChI is InChI=1S/C7H13NO/c1-4-6-9-8-7(3)5-2/h4H,1,5-6H2,2-3H3/b8-7+. The zero-order valence-electron chi connectivity index (χ0n) is 6.05. The van der Waals surface area contributed by atoms with Crippen LogP contribution in [0.4, 0.5) is 0 Å². The molecule has 0 unspecified atom stereocenters. The monoisotopic (exact) mass is 127 g/mol. The summed E-state index contributed by atoms with van der Waals surface area (Å²) < 4.78 is 0. The summed E-state index contributed by atoms with van der Waals surface area (Å²) in [6.45, 7) is 7.96. The molecule has 0 amide bonds. The SMILES string of the molecule is C=CCO/N=C(\C)CC. The molecule has 0 spiro atoms. The molecule has 0 rings (SSSR count). The maximum atomic E-state index is 4.81. The number of hydrogen-bond donors (Lipinski definition) is 0. The fourth-order valence-corrected chi connectivity index (χ4v) is 0.265. The zero-order valence-corrected chi connectivity index (χ0v) is 6.05. The van der Waals surface area contributed by atoms with Gasteiger partial charge in [0.25, 0.3) is 0 Å². The Kier molecular flexibility index (Phi) is 4.88. The summed E-state index contributed by atoms with van der Waals surface area (Å²) in [4.78, 5) is 4.81. The van der Waals surface area contributed by atoms with E-state index < -0.39 is 0 Å². The van der Waals surface area contributed by atoms with Crippen molar-refractivity contribution in [2.24, 2.45) is 5.16 Å². The Bertz CT molecular complexity index is 107. The third kappa shape index (κ3) is 5.07. The normalized spacial score (nSPS) is 11.1. The second kappa shape index (κ2) is 5.35. The number of nitrogens with zero attached hydrogens (tertiary/aromatic N) is 1. The Labute approximate surface area is 56.2 Å². The van der Waals surface area contributed by atoms with E-state index in [0.29, 0.717) is 6.61 Å². The highest BCUT2D eigenvalue weighted by Crippen LogP contribution is 1.85. The smallest absolute Gasteiger partial charge is 0.135 e.